The molecule has 2 rings (SSSR count). The van der Waals surface area contributed by atoms with Gasteiger partial charge in [0.15, 0.2) is 6.61 Å². The number of carbonyl (C=O) groups excluding carboxylic acids is 1. The third kappa shape index (κ3) is 6.35. The quantitative estimate of drug-likeness (QED) is 0.728. The van der Waals surface area contributed by atoms with Crippen molar-refractivity contribution in [1.29, 1.82) is 0 Å². The highest BCUT2D eigenvalue weighted by Crippen LogP contribution is 2.31. The number of alkyl halides is 3. The number of amides is 1. The van der Waals surface area contributed by atoms with Gasteiger partial charge >= 0.3 is 6.18 Å². The minimum Gasteiger partial charge on any atom is -0.482 e. The SMILES string of the molecule is COCC(=O)Nc1cc(S(=O)(=O)N2CCCCCC2)ccc1OCC(F)(F)F. The molecule has 0 spiro atoms. The van der Waals surface area contributed by atoms with Crippen LogP contribution < -0.4 is 10.1 Å². The van der Waals surface area contributed by atoms with E-state index in [-0.39, 0.29) is 22.9 Å². The first-order valence-corrected chi connectivity index (χ1v) is 10.2. The first kappa shape index (κ1) is 22.4. The fourth-order valence-electron chi connectivity index (χ4n) is 2.80. The summed E-state index contributed by atoms with van der Waals surface area (Å²) in [6.07, 6.45) is -1.22. The van der Waals surface area contributed by atoms with Gasteiger partial charge < -0.3 is 14.8 Å². The second-order valence-electron chi connectivity index (χ2n) is 6.36. The molecule has 7 nitrogen and oxygen atoms in total. The highest BCUT2D eigenvalue weighted by atomic mass is 32.2. The van der Waals surface area contributed by atoms with Crippen molar-refractivity contribution in [2.45, 2.75) is 36.8 Å². The molecule has 11 heteroatoms. The molecular weight excluding hydrogens is 401 g/mol. The lowest BCUT2D eigenvalue weighted by atomic mass is 10.2. The molecule has 1 aromatic carbocycles. The number of ether oxygens (including phenoxy) is 2. The minimum absolute atomic E-state index is 0.124. The first-order chi connectivity index (χ1) is 13.1. The second-order valence-corrected chi connectivity index (χ2v) is 8.30. The number of methoxy groups -OCH3 is 1. The Morgan fingerprint density at radius 1 is 1.18 bits per heavy atom. The smallest absolute Gasteiger partial charge is 0.422 e. The van der Waals surface area contributed by atoms with Crippen molar-refractivity contribution in [1.82, 2.24) is 4.31 Å². The lowest BCUT2D eigenvalue weighted by Gasteiger charge is -2.21. The van der Waals surface area contributed by atoms with Gasteiger partial charge in [0.2, 0.25) is 15.9 Å². The van der Waals surface area contributed by atoms with Crippen molar-refractivity contribution in [2.75, 3.05) is 38.7 Å². The highest BCUT2D eigenvalue weighted by molar-refractivity contribution is 7.89. The van der Waals surface area contributed by atoms with Crippen LogP contribution in [-0.4, -0.2) is 58.2 Å². The van der Waals surface area contributed by atoms with Crippen LogP contribution in [0.3, 0.4) is 0 Å². The van der Waals surface area contributed by atoms with Crippen LogP contribution in [0.1, 0.15) is 25.7 Å². The molecule has 0 atom stereocenters. The highest BCUT2D eigenvalue weighted by Gasteiger charge is 2.30. The summed E-state index contributed by atoms with van der Waals surface area (Å²) in [5, 5.41) is 2.34. The molecule has 1 amide bonds. The molecule has 0 aromatic heterocycles. The van der Waals surface area contributed by atoms with Crippen LogP contribution in [0.2, 0.25) is 0 Å². The molecule has 0 aliphatic carbocycles. The third-order valence-electron chi connectivity index (χ3n) is 4.09. The molecule has 1 saturated heterocycles. The molecule has 158 valence electrons. The normalized spacial score (nSPS) is 16.4. The summed E-state index contributed by atoms with van der Waals surface area (Å²) in [7, 11) is -2.56. The van der Waals surface area contributed by atoms with Crippen LogP contribution in [0, 0.1) is 0 Å². The van der Waals surface area contributed by atoms with E-state index in [4.69, 9.17) is 4.74 Å². The van der Waals surface area contributed by atoms with Crippen molar-refractivity contribution in [2.24, 2.45) is 0 Å². The molecule has 1 aliphatic rings. The number of hydrogen-bond donors (Lipinski definition) is 1. The van der Waals surface area contributed by atoms with E-state index < -0.39 is 28.7 Å². The largest absolute Gasteiger partial charge is 0.482 e. The van der Waals surface area contributed by atoms with Crippen LogP contribution in [-0.2, 0) is 19.6 Å². The summed E-state index contributed by atoms with van der Waals surface area (Å²) in [4.78, 5) is 11.7. The average molecular weight is 424 g/mol. The number of nitrogens with one attached hydrogen (secondary N) is 1. The van der Waals surface area contributed by atoms with Gasteiger partial charge in [-0.3, -0.25) is 4.79 Å². The van der Waals surface area contributed by atoms with Gasteiger partial charge in [-0.25, -0.2) is 8.42 Å². The summed E-state index contributed by atoms with van der Waals surface area (Å²) < 4.78 is 74.0. The van der Waals surface area contributed by atoms with Gasteiger partial charge in [-0.2, -0.15) is 17.5 Å². The first-order valence-electron chi connectivity index (χ1n) is 8.76. The molecule has 1 fully saturated rings. The number of halogens is 3. The van der Waals surface area contributed by atoms with E-state index in [9.17, 15) is 26.4 Å². The summed E-state index contributed by atoms with van der Waals surface area (Å²) in [5.41, 5.74) is -0.165. The Labute approximate surface area is 161 Å². The molecule has 1 N–H and O–H groups in total. The van der Waals surface area contributed by atoms with Crippen molar-refractivity contribution in [3.63, 3.8) is 0 Å². The van der Waals surface area contributed by atoms with E-state index in [1.165, 1.54) is 17.5 Å². The Morgan fingerprint density at radius 2 is 1.82 bits per heavy atom. The van der Waals surface area contributed by atoms with E-state index in [0.29, 0.717) is 13.1 Å². The number of carbonyl (C=O) groups is 1. The monoisotopic (exact) mass is 424 g/mol. The fourth-order valence-corrected chi connectivity index (χ4v) is 4.35. The summed E-state index contributed by atoms with van der Waals surface area (Å²) in [6.45, 7) is -1.17. The van der Waals surface area contributed by atoms with Gasteiger partial charge in [-0.05, 0) is 31.0 Å². The van der Waals surface area contributed by atoms with E-state index >= 15 is 0 Å². The van der Waals surface area contributed by atoms with Gasteiger partial charge in [-0.15, -0.1) is 0 Å². The average Bonchev–Trinajstić information content (AvgIpc) is 2.90. The number of benzene rings is 1. The Hall–Kier alpha value is -1.85. The van der Waals surface area contributed by atoms with Crippen molar-refractivity contribution in [3.05, 3.63) is 18.2 Å². The number of nitrogens with zero attached hydrogens (tertiary/aromatic N) is 1. The topological polar surface area (TPSA) is 84.9 Å². The fraction of sp³-hybridized carbons (Fsp3) is 0.588. The van der Waals surface area contributed by atoms with E-state index in [1.807, 2.05) is 0 Å². The Morgan fingerprint density at radius 3 is 2.39 bits per heavy atom. The molecule has 1 aliphatic heterocycles. The van der Waals surface area contributed by atoms with E-state index in [2.05, 4.69) is 10.1 Å². The molecule has 0 unspecified atom stereocenters. The van der Waals surface area contributed by atoms with Crippen molar-refractivity contribution in [3.8, 4) is 5.75 Å². The Bertz CT molecular complexity index is 775. The van der Waals surface area contributed by atoms with Gasteiger partial charge in [0.05, 0.1) is 10.6 Å². The van der Waals surface area contributed by atoms with Crippen LogP contribution in [0.4, 0.5) is 18.9 Å². The lowest BCUT2D eigenvalue weighted by Crippen LogP contribution is -2.32. The summed E-state index contributed by atoms with van der Waals surface area (Å²) in [6, 6.07) is 3.40. The number of sulfonamides is 1. The summed E-state index contributed by atoms with van der Waals surface area (Å²) >= 11 is 0. The zero-order valence-corrected chi connectivity index (χ0v) is 16.2. The molecule has 1 heterocycles. The lowest BCUT2D eigenvalue weighted by molar-refractivity contribution is -0.153. The standard InChI is InChI=1S/C17H23F3N2O5S/c1-26-11-16(23)21-14-10-13(6-7-15(14)27-12-17(18,19)20)28(24,25)22-8-4-2-3-5-9-22/h6-7,10H,2-5,8-9,11-12H2,1H3,(H,21,23). The molecular formula is C17H23F3N2O5S. The predicted molar refractivity (Wildman–Crippen MR) is 95.7 cm³/mol. The maximum atomic E-state index is 12.9. The molecule has 28 heavy (non-hydrogen) atoms. The maximum absolute atomic E-state index is 12.9. The van der Waals surface area contributed by atoms with E-state index in [1.54, 1.807) is 0 Å². The third-order valence-corrected chi connectivity index (χ3v) is 5.99. The molecule has 0 radical (unpaired) electrons. The minimum atomic E-state index is -4.58. The number of hydrogen-bond acceptors (Lipinski definition) is 5. The van der Waals surface area contributed by atoms with Gasteiger partial charge in [-0.1, -0.05) is 12.8 Å². The van der Waals surface area contributed by atoms with Gasteiger partial charge in [0.1, 0.15) is 12.4 Å². The van der Waals surface area contributed by atoms with Crippen LogP contribution in [0.15, 0.2) is 23.1 Å². The van der Waals surface area contributed by atoms with Crippen LogP contribution in [0.25, 0.3) is 0 Å². The molecule has 1 aromatic rings. The zero-order valence-electron chi connectivity index (χ0n) is 15.4. The number of rotatable bonds is 7. The second kappa shape index (κ2) is 9.57. The molecule has 0 saturated carbocycles. The maximum Gasteiger partial charge on any atom is 0.422 e. The zero-order chi connectivity index (χ0) is 20.8. The van der Waals surface area contributed by atoms with E-state index in [0.717, 1.165) is 37.8 Å². The van der Waals surface area contributed by atoms with Crippen molar-refractivity contribution < 1.29 is 35.9 Å². The van der Waals surface area contributed by atoms with Gasteiger partial charge in [0.25, 0.3) is 0 Å². The molecule has 0 bridgehead atoms. The van der Waals surface area contributed by atoms with Crippen molar-refractivity contribution >= 4 is 21.6 Å². The van der Waals surface area contributed by atoms with Crippen LogP contribution >= 0.6 is 0 Å². The Kier molecular flexibility index (Phi) is 7.67. The van der Waals surface area contributed by atoms with Gasteiger partial charge in [0, 0.05) is 20.2 Å². The Balaban J connectivity index is 2.33. The predicted octanol–water partition coefficient (Wildman–Crippen LogP) is 2.78. The number of anilines is 1. The van der Waals surface area contributed by atoms with Crippen LogP contribution in [0.5, 0.6) is 5.75 Å². The summed E-state index contributed by atoms with van der Waals surface area (Å²) in [5.74, 6) is -0.930.